The van der Waals surface area contributed by atoms with Gasteiger partial charge in [-0.1, -0.05) is 6.07 Å². The topological polar surface area (TPSA) is 57.8 Å². The molecule has 4 heteroatoms. The molecular weight excluding hydrogens is 226 g/mol. The lowest BCUT2D eigenvalue weighted by Gasteiger charge is -2.04. The number of rotatable bonds is 5. The number of hydrogen-bond donors (Lipinski definition) is 2. The normalized spacial score (nSPS) is 10.3. The largest absolute Gasteiger partial charge is 0.365 e. The fourth-order valence-corrected chi connectivity index (χ4v) is 1.81. The molecule has 0 atom stereocenters. The first-order valence-electron chi connectivity index (χ1n) is 6.03. The van der Waals surface area contributed by atoms with Crippen molar-refractivity contribution < 1.29 is 4.79 Å². The molecule has 2 aromatic rings. The highest BCUT2D eigenvalue weighted by Gasteiger charge is 2.04. The summed E-state index contributed by atoms with van der Waals surface area (Å²) >= 11 is 0. The Hall–Kier alpha value is -2.10. The molecule has 0 aliphatic carbocycles. The molecule has 2 rings (SSSR count). The monoisotopic (exact) mass is 243 g/mol. The second-order valence-electron chi connectivity index (χ2n) is 4.33. The SMILES string of the molecule is Cc1cc(CC(=O)NCCc2cccnc2)c[nH]1. The number of aromatic amines is 1. The fraction of sp³-hybridized carbons (Fsp3) is 0.286. The van der Waals surface area contributed by atoms with Gasteiger partial charge >= 0.3 is 0 Å². The van der Waals surface area contributed by atoms with Crippen LogP contribution in [0.25, 0.3) is 0 Å². The molecule has 94 valence electrons. The summed E-state index contributed by atoms with van der Waals surface area (Å²) in [6.07, 6.45) is 6.68. The molecule has 0 spiro atoms. The van der Waals surface area contributed by atoms with E-state index in [0.717, 1.165) is 23.2 Å². The van der Waals surface area contributed by atoms with Gasteiger partial charge in [0, 0.05) is 30.8 Å². The average molecular weight is 243 g/mol. The maximum absolute atomic E-state index is 11.7. The quantitative estimate of drug-likeness (QED) is 0.838. The molecule has 18 heavy (non-hydrogen) atoms. The van der Waals surface area contributed by atoms with E-state index in [9.17, 15) is 4.79 Å². The van der Waals surface area contributed by atoms with Gasteiger partial charge in [0.25, 0.3) is 0 Å². The summed E-state index contributed by atoms with van der Waals surface area (Å²) in [7, 11) is 0. The maximum Gasteiger partial charge on any atom is 0.224 e. The Balaban J connectivity index is 1.72. The van der Waals surface area contributed by atoms with Crippen molar-refractivity contribution in [2.75, 3.05) is 6.54 Å². The molecule has 0 fully saturated rings. The van der Waals surface area contributed by atoms with Gasteiger partial charge in [-0.05, 0) is 36.6 Å². The molecule has 4 nitrogen and oxygen atoms in total. The molecule has 0 aliphatic rings. The number of amides is 1. The predicted molar refractivity (Wildman–Crippen MR) is 70.2 cm³/mol. The van der Waals surface area contributed by atoms with Crippen LogP contribution in [0, 0.1) is 6.92 Å². The molecule has 2 N–H and O–H groups in total. The number of carbonyl (C=O) groups excluding carboxylic acids is 1. The second-order valence-corrected chi connectivity index (χ2v) is 4.33. The lowest BCUT2D eigenvalue weighted by Crippen LogP contribution is -2.27. The summed E-state index contributed by atoms with van der Waals surface area (Å²) in [5.74, 6) is 0.0536. The Morgan fingerprint density at radius 3 is 3.00 bits per heavy atom. The van der Waals surface area contributed by atoms with E-state index in [1.807, 2.05) is 37.5 Å². The summed E-state index contributed by atoms with van der Waals surface area (Å²) in [5.41, 5.74) is 3.23. The molecule has 0 saturated carbocycles. The number of nitrogens with zero attached hydrogens (tertiary/aromatic N) is 1. The van der Waals surface area contributed by atoms with Crippen LogP contribution in [0.1, 0.15) is 16.8 Å². The Morgan fingerprint density at radius 2 is 2.33 bits per heavy atom. The van der Waals surface area contributed by atoms with Gasteiger partial charge < -0.3 is 10.3 Å². The zero-order chi connectivity index (χ0) is 12.8. The van der Waals surface area contributed by atoms with Crippen LogP contribution in [0.3, 0.4) is 0 Å². The molecule has 0 aliphatic heterocycles. The highest BCUT2D eigenvalue weighted by atomic mass is 16.1. The number of nitrogens with one attached hydrogen (secondary N) is 2. The molecule has 0 aromatic carbocycles. The van der Waals surface area contributed by atoms with Gasteiger partial charge in [0.2, 0.25) is 5.91 Å². The van der Waals surface area contributed by atoms with E-state index in [1.165, 1.54) is 0 Å². The standard InChI is InChI=1S/C14H17N3O/c1-11-7-13(10-17-11)8-14(18)16-6-4-12-3-2-5-15-9-12/h2-3,5,7,9-10,17H,4,6,8H2,1H3,(H,16,18). The Bertz CT molecular complexity index is 505. The number of aryl methyl sites for hydroxylation is 1. The minimum Gasteiger partial charge on any atom is -0.365 e. The Kier molecular flexibility index (Phi) is 4.12. The first kappa shape index (κ1) is 12.4. The zero-order valence-corrected chi connectivity index (χ0v) is 10.4. The predicted octanol–water partition coefficient (Wildman–Crippen LogP) is 1.62. The van der Waals surface area contributed by atoms with Gasteiger partial charge in [0.15, 0.2) is 0 Å². The summed E-state index contributed by atoms with van der Waals surface area (Å²) in [6, 6.07) is 5.90. The minimum atomic E-state index is 0.0536. The van der Waals surface area contributed by atoms with Crippen molar-refractivity contribution in [2.24, 2.45) is 0 Å². The van der Waals surface area contributed by atoms with Crippen LogP contribution in [0.2, 0.25) is 0 Å². The summed E-state index contributed by atoms with van der Waals surface area (Å²) < 4.78 is 0. The molecule has 2 aromatic heterocycles. The van der Waals surface area contributed by atoms with E-state index >= 15 is 0 Å². The zero-order valence-electron chi connectivity index (χ0n) is 10.4. The lowest BCUT2D eigenvalue weighted by atomic mass is 10.2. The van der Waals surface area contributed by atoms with E-state index in [2.05, 4.69) is 15.3 Å². The van der Waals surface area contributed by atoms with E-state index < -0.39 is 0 Å². The van der Waals surface area contributed by atoms with Crippen LogP contribution < -0.4 is 5.32 Å². The third kappa shape index (κ3) is 3.73. The molecule has 2 heterocycles. The minimum absolute atomic E-state index is 0.0536. The molecule has 0 bridgehead atoms. The molecule has 1 amide bonds. The van der Waals surface area contributed by atoms with Crippen LogP contribution in [0.5, 0.6) is 0 Å². The van der Waals surface area contributed by atoms with E-state index in [0.29, 0.717) is 13.0 Å². The maximum atomic E-state index is 11.7. The molecule has 0 radical (unpaired) electrons. The number of hydrogen-bond acceptors (Lipinski definition) is 2. The third-order valence-electron chi connectivity index (χ3n) is 2.71. The Labute approximate surface area is 106 Å². The van der Waals surface area contributed by atoms with Gasteiger partial charge in [-0.25, -0.2) is 0 Å². The third-order valence-corrected chi connectivity index (χ3v) is 2.71. The second kappa shape index (κ2) is 6.00. The van der Waals surface area contributed by atoms with E-state index in [4.69, 9.17) is 0 Å². The van der Waals surface area contributed by atoms with Gasteiger partial charge in [0.1, 0.15) is 0 Å². The molecular formula is C14H17N3O. The van der Waals surface area contributed by atoms with Gasteiger partial charge in [-0.15, -0.1) is 0 Å². The first-order chi connectivity index (χ1) is 8.74. The van der Waals surface area contributed by atoms with Crippen LogP contribution in [0.15, 0.2) is 36.8 Å². The van der Waals surface area contributed by atoms with Gasteiger partial charge in [-0.3, -0.25) is 9.78 Å². The van der Waals surface area contributed by atoms with Crippen molar-refractivity contribution in [3.05, 3.63) is 53.6 Å². The highest BCUT2D eigenvalue weighted by Crippen LogP contribution is 2.02. The number of H-pyrrole nitrogens is 1. The fourth-order valence-electron chi connectivity index (χ4n) is 1.81. The summed E-state index contributed by atoms with van der Waals surface area (Å²) in [4.78, 5) is 18.8. The summed E-state index contributed by atoms with van der Waals surface area (Å²) in [6.45, 7) is 2.62. The van der Waals surface area contributed by atoms with Crippen molar-refractivity contribution in [3.8, 4) is 0 Å². The van der Waals surface area contributed by atoms with Crippen molar-refractivity contribution >= 4 is 5.91 Å². The average Bonchev–Trinajstić information content (AvgIpc) is 2.76. The van der Waals surface area contributed by atoms with Crippen molar-refractivity contribution in [3.63, 3.8) is 0 Å². The van der Waals surface area contributed by atoms with Crippen LogP contribution in [-0.2, 0) is 17.6 Å². The molecule has 0 saturated heterocycles. The molecule has 0 unspecified atom stereocenters. The van der Waals surface area contributed by atoms with Crippen molar-refractivity contribution in [1.29, 1.82) is 0 Å². The number of aromatic nitrogens is 2. The number of carbonyl (C=O) groups is 1. The van der Waals surface area contributed by atoms with Crippen LogP contribution in [-0.4, -0.2) is 22.4 Å². The summed E-state index contributed by atoms with van der Waals surface area (Å²) in [5, 5.41) is 2.91. The van der Waals surface area contributed by atoms with E-state index in [1.54, 1.807) is 6.20 Å². The van der Waals surface area contributed by atoms with Crippen LogP contribution in [0.4, 0.5) is 0 Å². The van der Waals surface area contributed by atoms with Crippen LogP contribution >= 0.6 is 0 Å². The lowest BCUT2D eigenvalue weighted by molar-refractivity contribution is -0.120. The smallest absolute Gasteiger partial charge is 0.224 e. The van der Waals surface area contributed by atoms with Crippen molar-refractivity contribution in [2.45, 2.75) is 19.8 Å². The van der Waals surface area contributed by atoms with Crippen molar-refractivity contribution in [1.82, 2.24) is 15.3 Å². The highest BCUT2D eigenvalue weighted by molar-refractivity contribution is 5.78. The first-order valence-corrected chi connectivity index (χ1v) is 6.03. The number of pyridine rings is 1. The van der Waals surface area contributed by atoms with Gasteiger partial charge in [-0.2, -0.15) is 0 Å². The Morgan fingerprint density at radius 1 is 1.44 bits per heavy atom. The van der Waals surface area contributed by atoms with E-state index in [-0.39, 0.29) is 5.91 Å². The van der Waals surface area contributed by atoms with Gasteiger partial charge in [0.05, 0.1) is 6.42 Å².